The van der Waals surface area contributed by atoms with E-state index >= 15 is 0 Å². The number of primary amides is 1. The van der Waals surface area contributed by atoms with Crippen LogP contribution in [0.2, 0.25) is 0 Å². The van der Waals surface area contributed by atoms with Crippen molar-refractivity contribution < 1.29 is 19.4 Å². The summed E-state index contributed by atoms with van der Waals surface area (Å²) in [5, 5.41) is 16.6. The monoisotopic (exact) mass is 306 g/mol. The molecule has 0 spiro atoms. The van der Waals surface area contributed by atoms with Gasteiger partial charge in [-0.2, -0.15) is 5.10 Å². The maximum absolute atomic E-state index is 12.5. The van der Waals surface area contributed by atoms with E-state index in [0.29, 0.717) is 16.7 Å². The fourth-order valence-corrected chi connectivity index (χ4v) is 2.06. The lowest BCUT2D eigenvalue weighted by Gasteiger charge is -2.24. The van der Waals surface area contributed by atoms with Crippen molar-refractivity contribution in [3.8, 4) is 5.75 Å². The maximum Gasteiger partial charge on any atom is 0.271 e. The molecule has 2 amide bonds. The first-order valence-corrected chi connectivity index (χ1v) is 6.56. The van der Waals surface area contributed by atoms with Gasteiger partial charge in [-0.1, -0.05) is 0 Å². The molecule has 0 aliphatic heterocycles. The van der Waals surface area contributed by atoms with Gasteiger partial charge in [-0.15, -0.1) is 0 Å². The first kappa shape index (κ1) is 15.8. The number of hydrogen-bond donors (Lipinski definition) is 3. The highest BCUT2D eigenvalue weighted by Gasteiger charge is 2.33. The number of rotatable bonds is 5. The molecule has 8 heteroatoms. The fourth-order valence-electron chi connectivity index (χ4n) is 2.06. The van der Waals surface area contributed by atoms with Crippen LogP contribution in [-0.2, 0) is 11.8 Å². The van der Waals surface area contributed by atoms with E-state index in [2.05, 4.69) is 10.4 Å². The van der Waals surface area contributed by atoms with Crippen molar-refractivity contribution in [2.75, 3.05) is 13.7 Å². The zero-order chi connectivity index (χ0) is 16.5. The predicted octanol–water partition coefficient (Wildman–Crippen LogP) is -0.452. The number of nitrogens with zero attached hydrogens (tertiary/aromatic N) is 2. The molecule has 0 saturated carbocycles. The second-order valence-electron chi connectivity index (χ2n) is 5.16. The summed E-state index contributed by atoms with van der Waals surface area (Å²) in [6.07, 6.45) is 0. The van der Waals surface area contributed by atoms with Gasteiger partial charge in [-0.3, -0.25) is 14.3 Å². The molecule has 1 aromatic carbocycles. The van der Waals surface area contributed by atoms with Gasteiger partial charge in [-0.25, -0.2) is 0 Å². The van der Waals surface area contributed by atoms with E-state index in [-0.39, 0.29) is 5.69 Å². The fraction of sp³-hybridized carbons (Fsp3) is 0.357. The van der Waals surface area contributed by atoms with Crippen LogP contribution >= 0.6 is 0 Å². The lowest BCUT2D eigenvalue weighted by atomic mass is 10.0. The summed E-state index contributed by atoms with van der Waals surface area (Å²) in [4.78, 5) is 23.9. The number of nitrogens with two attached hydrogens (primary N) is 1. The van der Waals surface area contributed by atoms with E-state index in [1.165, 1.54) is 18.7 Å². The Morgan fingerprint density at radius 2 is 2.18 bits per heavy atom. The third kappa shape index (κ3) is 2.60. The summed E-state index contributed by atoms with van der Waals surface area (Å²) in [5.74, 6) is -0.810. The third-order valence-corrected chi connectivity index (χ3v) is 3.50. The van der Waals surface area contributed by atoms with Gasteiger partial charge in [-0.05, 0) is 25.1 Å². The minimum atomic E-state index is -1.55. The molecular weight excluding hydrogens is 288 g/mol. The predicted molar refractivity (Wildman–Crippen MR) is 79.4 cm³/mol. The van der Waals surface area contributed by atoms with E-state index in [4.69, 9.17) is 10.5 Å². The van der Waals surface area contributed by atoms with Crippen LogP contribution in [-0.4, -0.2) is 46.0 Å². The van der Waals surface area contributed by atoms with Crippen molar-refractivity contribution in [2.24, 2.45) is 12.8 Å². The smallest absolute Gasteiger partial charge is 0.271 e. The minimum absolute atomic E-state index is 0.245. The van der Waals surface area contributed by atoms with Gasteiger partial charge in [0.2, 0.25) is 5.91 Å². The number of hydrogen-bond acceptors (Lipinski definition) is 5. The molecule has 0 aliphatic rings. The summed E-state index contributed by atoms with van der Waals surface area (Å²) >= 11 is 0. The van der Waals surface area contributed by atoms with Crippen LogP contribution in [0.5, 0.6) is 5.75 Å². The lowest BCUT2D eigenvalue weighted by Crippen LogP contribution is -2.58. The molecule has 4 N–H and O–H groups in total. The van der Waals surface area contributed by atoms with Crippen molar-refractivity contribution >= 4 is 22.7 Å². The summed E-state index contributed by atoms with van der Waals surface area (Å²) in [5.41, 5.74) is 4.53. The zero-order valence-corrected chi connectivity index (χ0v) is 12.6. The van der Waals surface area contributed by atoms with Crippen LogP contribution in [0.3, 0.4) is 0 Å². The first-order valence-electron chi connectivity index (χ1n) is 6.56. The Hall–Kier alpha value is -2.61. The molecule has 1 aromatic heterocycles. The number of fused-ring (bicyclic) bond motifs is 1. The molecule has 8 nitrogen and oxygen atoms in total. The molecule has 118 valence electrons. The Labute approximate surface area is 126 Å². The SMILES string of the molecule is COc1ccc2nn(C)c(C(=O)NC(C)(CO)C(N)=O)c2c1. The zero-order valence-electron chi connectivity index (χ0n) is 12.6. The topological polar surface area (TPSA) is 119 Å². The molecule has 22 heavy (non-hydrogen) atoms. The number of aliphatic hydroxyl groups is 1. The van der Waals surface area contributed by atoms with Crippen molar-refractivity contribution in [3.05, 3.63) is 23.9 Å². The van der Waals surface area contributed by atoms with Crippen LogP contribution in [0.4, 0.5) is 0 Å². The van der Waals surface area contributed by atoms with E-state index < -0.39 is 24.0 Å². The molecule has 0 saturated heterocycles. The average Bonchev–Trinajstić information content (AvgIpc) is 2.81. The third-order valence-electron chi connectivity index (χ3n) is 3.50. The standard InChI is InChI=1S/C14H18N4O4/c1-14(7-19,13(15)21)16-12(20)11-9-6-8(22-3)4-5-10(9)17-18(11)2/h4-6,19H,7H2,1-3H3,(H2,15,21)(H,16,20). The number of carbonyl (C=O) groups excluding carboxylic acids is 2. The van der Waals surface area contributed by atoms with Crippen LogP contribution in [0.25, 0.3) is 10.9 Å². The van der Waals surface area contributed by atoms with Crippen molar-refractivity contribution in [3.63, 3.8) is 0 Å². The molecule has 1 atom stereocenters. The molecule has 2 aromatic rings. The Bertz CT molecular complexity index is 740. The number of methoxy groups -OCH3 is 1. The van der Waals surface area contributed by atoms with E-state index in [1.54, 1.807) is 25.2 Å². The number of aliphatic hydroxyl groups excluding tert-OH is 1. The number of ether oxygens (including phenoxy) is 1. The largest absolute Gasteiger partial charge is 0.497 e. The second-order valence-corrected chi connectivity index (χ2v) is 5.16. The number of aryl methyl sites for hydroxylation is 1. The van der Waals surface area contributed by atoms with Gasteiger partial charge < -0.3 is 20.9 Å². The molecular formula is C14H18N4O4. The Balaban J connectivity index is 2.47. The Morgan fingerprint density at radius 3 is 2.73 bits per heavy atom. The van der Waals surface area contributed by atoms with Gasteiger partial charge in [0.05, 0.1) is 19.2 Å². The Kier molecular flexibility index (Phi) is 4.05. The number of carbonyl (C=O) groups is 2. The Morgan fingerprint density at radius 1 is 1.50 bits per heavy atom. The van der Waals surface area contributed by atoms with Crippen LogP contribution in [0.15, 0.2) is 18.2 Å². The summed E-state index contributed by atoms with van der Waals surface area (Å²) in [6.45, 7) is 0.750. The number of benzene rings is 1. The summed E-state index contributed by atoms with van der Waals surface area (Å²) in [6, 6.07) is 5.14. The normalized spacial score (nSPS) is 13.6. The minimum Gasteiger partial charge on any atom is -0.497 e. The molecule has 0 bridgehead atoms. The second kappa shape index (κ2) is 5.64. The van der Waals surface area contributed by atoms with E-state index in [9.17, 15) is 14.7 Å². The highest BCUT2D eigenvalue weighted by molar-refractivity contribution is 6.07. The van der Waals surface area contributed by atoms with Gasteiger partial charge in [0.25, 0.3) is 5.91 Å². The van der Waals surface area contributed by atoms with Gasteiger partial charge in [0, 0.05) is 12.4 Å². The molecule has 2 rings (SSSR count). The number of aromatic nitrogens is 2. The summed E-state index contributed by atoms with van der Waals surface area (Å²) < 4.78 is 6.54. The highest BCUT2D eigenvalue weighted by atomic mass is 16.5. The van der Waals surface area contributed by atoms with Gasteiger partial charge >= 0.3 is 0 Å². The van der Waals surface area contributed by atoms with E-state index in [0.717, 1.165) is 0 Å². The molecule has 0 fully saturated rings. The van der Waals surface area contributed by atoms with Crippen LogP contribution in [0, 0.1) is 0 Å². The quantitative estimate of drug-likeness (QED) is 0.691. The maximum atomic E-state index is 12.5. The van der Waals surface area contributed by atoms with Crippen LogP contribution < -0.4 is 15.8 Å². The highest BCUT2D eigenvalue weighted by Crippen LogP contribution is 2.23. The number of nitrogens with one attached hydrogen (secondary N) is 1. The molecule has 1 unspecified atom stereocenters. The van der Waals surface area contributed by atoms with Crippen molar-refractivity contribution in [1.82, 2.24) is 15.1 Å². The van der Waals surface area contributed by atoms with Gasteiger partial charge in [0.15, 0.2) is 0 Å². The molecule has 0 radical (unpaired) electrons. The van der Waals surface area contributed by atoms with Crippen molar-refractivity contribution in [2.45, 2.75) is 12.5 Å². The molecule has 0 aliphatic carbocycles. The van der Waals surface area contributed by atoms with Crippen LogP contribution in [0.1, 0.15) is 17.4 Å². The summed E-state index contributed by atoms with van der Waals surface area (Å²) in [7, 11) is 3.13. The number of amides is 2. The van der Waals surface area contributed by atoms with Crippen molar-refractivity contribution in [1.29, 1.82) is 0 Å². The van der Waals surface area contributed by atoms with E-state index in [1.807, 2.05) is 0 Å². The van der Waals surface area contributed by atoms with Gasteiger partial charge in [0.1, 0.15) is 17.0 Å². The average molecular weight is 306 g/mol. The lowest BCUT2D eigenvalue weighted by molar-refractivity contribution is -0.124. The molecule has 1 heterocycles. The first-order chi connectivity index (χ1) is 10.3.